The number of nitrogens with zero attached hydrogens (tertiary/aromatic N) is 5. The minimum atomic E-state index is -0.349. The van der Waals surface area contributed by atoms with Crippen molar-refractivity contribution in [2.45, 2.75) is 33.4 Å². The molecular formula is C24H25N5O2. The van der Waals surface area contributed by atoms with Gasteiger partial charge in [-0.25, -0.2) is 4.79 Å². The molecule has 31 heavy (non-hydrogen) atoms. The second kappa shape index (κ2) is 7.27. The summed E-state index contributed by atoms with van der Waals surface area (Å²) in [6.07, 6.45) is 0.895. The molecule has 7 heteroatoms. The average molecular weight is 415 g/mol. The first-order chi connectivity index (χ1) is 15.0. The Balaban J connectivity index is 1.72. The highest BCUT2D eigenvalue weighted by Crippen LogP contribution is 2.31. The van der Waals surface area contributed by atoms with E-state index in [4.69, 9.17) is 4.98 Å². The zero-order valence-electron chi connectivity index (χ0n) is 18.0. The molecule has 0 bridgehead atoms. The largest absolute Gasteiger partial charge is 0.332 e. The zero-order valence-corrected chi connectivity index (χ0v) is 18.0. The Bertz CT molecular complexity index is 1430. The zero-order chi connectivity index (χ0) is 21.7. The fraction of sp³-hybridized carbons (Fsp3) is 0.292. The van der Waals surface area contributed by atoms with Gasteiger partial charge >= 0.3 is 5.69 Å². The van der Waals surface area contributed by atoms with E-state index in [1.165, 1.54) is 14.7 Å². The van der Waals surface area contributed by atoms with Gasteiger partial charge in [0.05, 0.1) is 6.54 Å². The molecule has 3 heterocycles. The Morgan fingerprint density at radius 3 is 2.58 bits per heavy atom. The first kappa shape index (κ1) is 19.4. The molecule has 0 radical (unpaired) electrons. The highest BCUT2D eigenvalue weighted by atomic mass is 16.2. The number of hydrogen-bond acceptors (Lipinski definition) is 4. The number of anilines is 2. The first-order valence-corrected chi connectivity index (χ1v) is 10.5. The van der Waals surface area contributed by atoms with Crippen LogP contribution in [0.4, 0.5) is 11.6 Å². The van der Waals surface area contributed by atoms with Crippen LogP contribution in [0.3, 0.4) is 0 Å². The van der Waals surface area contributed by atoms with Crippen molar-refractivity contribution in [2.24, 2.45) is 7.05 Å². The van der Waals surface area contributed by atoms with Crippen LogP contribution in [-0.2, 0) is 20.1 Å². The summed E-state index contributed by atoms with van der Waals surface area (Å²) in [6, 6.07) is 16.1. The molecule has 5 rings (SSSR count). The molecule has 0 saturated heterocycles. The van der Waals surface area contributed by atoms with Gasteiger partial charge in [0, 0.05) is 25.8 Å². The molecule has 1 aliphatic rings. The SMILES string of the molecule is Cc1cccc(N2CCCn3c2nc2c3c(=O)n(Cc3ccccc3C)c(=O)n2C)c1. The van der Waals surface area contributed by atoms with Crippen LogP contribution in [0, 0.1) is 13.8 Å². The third-order valence-corrected chi connectivity index (χ3v) is 6.12. The van der Waals surface area contributed by atoms with Crippen LogP contribution in [-0.4, -0.2) is 25.2 Å². The molecule has 0 atom stereocenters. The molecule has 0 spiro atoms. The van der Waals surface area contributed by atoms with Crippen molar-refractivity contribution in [3.05, 3.63) is 86.1 Å². The van der Waals surface area contributed by atoms with Crippen molar-refractivity contribution >= 4 is 22.8 Å². The molecule has 0 amide bonds. The number of fused-ring (bicyclic) bond motifs is 3. The molecule has 0 fully saturated rings. The van der Waals surface area contributed by atoms with Crippen molar-refractivity contribution in [3.8, 4) is 0 Å². The Morgan fingerprint density at radius 1 is 1.00 bits per heavy atom. The van der Waals surface area contributed by atoms with Gasteiger partial charge in [-0.1, -0.05) is 36.4 Å². The summed E-state index contributed by atoms with van der Waals surface area (Å²) in [4.78, 5) is 33.5. The summed E-state index contributed by atoms with van der Waals surface area (Å²) in [6.45, 7) is 5.81. The van der Waals surface area contributed by atoms with E-state index in [1.807, 2.05) is 41.8 Å². The molecule has 0 N–H and O–H groups in total. The molecule has 0 saturated carbocycles. The van der Waals surface area contributed by atoms with Gasteiger partial charge in [-0.05, 0) is 49.1 Å². The van der Waals surface area contributed by atoms with E-state index in [1.54, 1.807) is 7.05 Å². The van der Waals surface area contributed by atoms with Crippen LogP contribution in [0.2, 0.25) is 0 Å². The molecule has 7 nitrogen and oxygen atoms in total. The van der Waals surface area contributed by atoms with E-state index in [0.717, 1.165) is 29.8 Å². The van der Waals surface area contributed by atoms with E-state index in [-0.39, 0.29) is 17.8 Å². The van der Waals surface area contributed by atoms with Crippen LogP contribution in [0.25, 0.3) is 11.2 Å². The predicted octanol–water partition coefficient (Wildman–Crippen LogP) is 3.10. The monoisotopic (exact) mass is 415 g/mol. The molecule has 2 aromatic carbocycles. The van der Waals surface area contributed by atoms with E-state index < -0.39 is 0 Å². The summed E-state index contributed by atoms with van der Waals surface area (Å²) in [7, 11) is 1.69. The fourth-order valence-electron chi connectivity index (χ4n) is 4.40. The van der Waals surface area contributed by atoms with Gasteiger partial charge in [-0.3, -0.25) is 13.9 Å². The van der Waals surface area contributed by atoms with Crippen molar-refractivity contribution in [2.75, 3.05) is 11.4 Å². The number of aromatic nitrogens is 4. The lowest BCUT2D eigenvalue weighted by Gasteiger charge is -2.29. The lowest BCUT2D eigenvalue weighted by Crippen LogP contribution is -2.40. The van der Waals surface area contributed by atoms with Crippen LogP contribution >= 0.6 is 0 Å². The molecule has 2 aromatic heterocycles. The van der Waals surface area contributed by atoms with Crippen LogP contribution in [0.1, 0.15) is 23.1 Å². The van der Waals surface area contributed by atoms with Gasteiger partial charge in [-0.15, -0.1) is 0 Å². The summed E-state index contributed by atoms with van der Waals surface area (Å²) in [5.41, 5.74) is 4.51. The van der Waals surface area contributed by atoms with E-state index >= 15 is 0 Å². The summed E-state index contributed by atoms with van der Waals surface area (Å²) < 4.78 is 4.79. The maximum absolute atomic E-state index is 13.5. The number of hydrogen-bond donors (Lipinski definition) is 0. The highest BCUT2D eigenvalue weighted by Gasteiger charge is 2.27. The van der Waals surface area contributed by atoms with E-state index in [2.05, 4.69) is 30.0 Å². The minimum Gasteiger partial charge on any atom is -0.312 e. The van der Waals surface area contributed by atoms with Gasteiger partial charge in [0.2, 0.25) is 5.95 Å². The van der Waals surface area contributed by atoms with Crippen molar-refractivity contribution in [1.82, 2.24) is 18.7 Å². The number of benzene rings is 2. The lowest BCUT2D eigenvalue weighted by atomic mass is 10.1. The molecule has 4 aromatic rings. The van der Waals surface area contributed by atoms with Gasteiger partial charge in [0.15, 0.2) is 11.2 Å². The van der Waals surface area contributed by atoms with Crippen molar-refractivity contribution in [1.29, 1.82) is 0 Å². The van der Waals surface area contributed by atoms with Gasteiger partial charge in [0.25, 0.3) is 5.56 Å². The maximum Gasteiger partial charge on any atom is 0.332 e. The second-order valence-electron chi connectivity index (χ2n) is 8.24. The Kier molecular flexibility index (Phi) is 4.54. The molecule has 0 unspecified atom stereocenters. The Labute approximate surface area is 179 Å². The van der Waals surface area contributed by atoms with Gasteiger partial charge < -0.3 is 9.47 Å². The summed E-state index contributed by atoms with van der Waals surface area (Å²) in [5.74, 6) is 0.715. The molecule has 158 valence electrons. The fourth-order valence-corrected chi connectivity index (χ4v) is 4.40. The third kappa shape index (κ3) is 3.08. The highest BCUT2D eigenvalue weighted by molar-refractivity contribution is 5.77. The standard InChI is InChI=1S/C24H25N5O2/c1-16-8-6-11-19(14-16)27-12-7-13-28-20-21(25-23(27)28)26(3)24(31)29(22(20)30)15-18-10-5-4-9-17(18)2/h4-6,8-11,14H,7,12-13,15H2,1-3H3. The maximum atomic E-state index is 13.5. The summed E-state index contributed by atoms with van der Waals surface area (Å²) in [5, 5.41) is 0. The number of imidazole rings is 1. The van der Waals surface area contributed by atoms with Crippen molar-refractivity contribution in [3.63, 3.8) is 0 Å². The topological polar surface area (TPSA) is 65.1 Å². The second-order valence-corrected chi connectivity index (χ2v) is 8.24. The normalized spacial score (nSPS) is 13.6. The van der Waals surface area contributed by atoms with Crippen LogP contribution < -0.4 is 16.1 Å². The van der Waals surface area contributed by atoms with Crippen LogP contribution in [0.15, 0.2) is 58.1 Å². The van der Waals surface area contributed by atoms with Crippen LogP contribution in [0.5, 0.6) is 0 Å². The first-order valence-electron chi connectivity index (χ1n) is 10.5. The Hall–Kier alpha value is -3.61. The molecule has 0 aliphatic carbocycles. The number of rotatable bonds is 3. The lowest BCUT2D eigenvalue weighted by molar-refractivity contribution is 0.597. The van der Waals surface area contributed by atoms with E-state index in [9.17, 15) is 9.59 Å². The smallest absolute Gasteiger partial charge is 0.312 e. The quantitative estimate of drug-likeness (QED) is 0.516. The number of aryl methyl sites for hydroxylation is 4. The van der Waals surface area contributed by atoms with Gasteiger partial charge in [0.1, 0.15) is 0 Å². The molecule has 1 aliphatic heterocycles. The average Bonchev–Trinajstić information content (AvgIpc) is 3.16. The third-order valence-electron chi connectivity index (χ3n) is 6.12. The minimum absolute atomic E-state index is 0.246. The summed E-state index contributed by atoms with van der Waals surface area (Å²) >= 11 is 0. The Morgan fingerprint density at radius 2 is 1.81 bits per heavy atom. The predicted molar refractivity (Wildman–Crippen MR) is 122 cm³/mol. The van der Waals surface area contributed by atoms with E-state index in [0.29, 0.717) is 23.7 Å². The molecular weight excluding hydrogens is 390 g/mol. The van der Waals surface area contributed by atoms with Crippen molar-refractivity contribution < 1.29 is 0 Å². The van der Waals surface area contributed by atoms with Gasteiger partial charge in [-0.2, -0.15) is 4.98 Å².